The zero-order valence-electron chi connectivity index (χ0n) is 19.2. The third-order valence-corrected chi connectivity index (χ3v) is 5.44. The van der Waals surface area contributed by atoms with Crippen LogP contribution in [0.2, 0.25) is 0 Å². The zero-order valence-corrected chi connectivity index (χ0v) is 19.2. The third-order valence-electron chi connectivity index (χ3n) is 5.44. The molecule has 4 rings (SSSR count). The summed E-state index contributed by atoms with van der Waals surface area (Å²) in [5, 5.41) is 12.7. The van der Waals surface area contributed by atoms with Crippen molar-refractivity contribution in [1.29, 1.82) is 0 Å². The van der Waals surface area contributed by atoms with Gasteiger partial charge in [-0.25, -0.2) is 13.2 Å². The van der Waals surface area contributed by atoms with Crippen LogP contribution in [0.1, 0.15) is 19.4 Å². The first-order valence-corrected chi connectivity index (χ1v) is 11.1. The minimum Gasteiger partial charge on any atom is -0.494 e. The van der Waals surface area contributed by atoms with E-state index in [0.717, 1.165) is 0 Å². The molecule has 0 bridgehead atoms. The van der Waals surface area contributed by atoms with Crippen molar-refractivity contribution in [2.45, 2.75) is 26.7 Å². The van der Waals surface area contributed by atoms with E-state index in [1.165, 1.54) is 22.9 Å². The van der Waals surface area contributed by atoms with Gasteiger partial charge >= 0.3 is 5.97 Å². The third kappa shape index (κ3) is 4.71. The monoisotopic (exact) mass is 487 g/mol. The molecule has 0 aliphatic heterocycles. The zero-order chi connectivity index (χ0) is 25.1. The predicted molar refractivity (Wildman–Crippen MR) is 125 cm³/mol. The number of carbonyl (C=O) groups excluding carboxylic acids is 1. The number of ether oxygens (including phenoxy) is 3. The molecule has 0 atom stereocenters. The molecule has 6 nitrogen and oxygen atoms in total. The lowest BCUT2D eigenvalue weighted by Crippen LogP contribution is -2.08. The van der Waals surface area contributed by atoms with Crippen molar-refractivity contribution in [1.82, 2.24) is 4.57 Å². The second-order valence-electron chi connectivity index (χ2n) is 7.72. The molecule has 1 N–H and O–H groups in total. The number of esters is 1. The van der Waals surface area contributed by atoms with E-state index in [-0.39, 0.29) is 29.9 Å². The van der Waals surface area contributed by atoms with E-state index in [1.807, 2.05) is 0 Å². The summed E-state index contributed by atoms with van der Waals surface area (Å²) >= 11 is 0. The Labute approximate surface area is 199 Å². The SMILES string of the molecule is CCOC(=O)Cc1ccc(-n2cc3c(OCC)c4ccccc4c(OCC(F)F)c3c2O)c(F)c1. The normalized spacial score (nSPS) is 11.4. The van der Waals surface area contributed by atoms with Crippen LogP contribution in [0.4, 0.5) is 13.2 Å². The Morgan fingerprint density at radius 2 is 1.71 bits per heavy atom. The first-order chi connectivity index (χ1) is 16.8. The summed E-state index contributed by atoms with van der Waals surface area (Å²) in [6.45, 7) is 3.12. The summed E-state index contributed by atoms with van der Waals surface area (Å²) < 4.78 is 58.6. The highest BCUT2D eigenvalue weighted by atomic mass is 19.3. The Balaban J connectivity index is 1.92. The topological polar surface area (TPSA) is 69.9 Å². The van der Waals surface area contributed by atoms with Crippen molar-refractivity contribution in [2.24, 2.45) is 0 Å². The Bertz CT molecular complexity index is 1380. The molecule has 1 aromatic heterocycles. The number of benzene rings is 3. The van der Waals surface area contributed by atoms with Gasteiger partial charge in [-0.15, -0.1) is 0 Å². The van der Waals surface area contributed by atoms with E-state index in [0.29, 0.717) is 34.1 Å². The van der Waals surface area contributed by atoms with Gasteiger partial charge in [0.1, 0.15) is 23.9 Å². The lowest BCUT2D eigenvalue weighted by molar-refractivity contribution is -0.142. The number of aromatic nitrogens is 1. The van der Waals surface area contributed by atoms with Crippen LogP contribution in [0, 0.1) is 5.82 Å². The van der Waals surface area contributed by atoms with Crippen LogP contribution in [0.25, 0.3) is 27.2 Å². The van der Waals surface area contributed by atoms with Gasteiger partial charge < -0.3 is 19.3 Å². The van der Waals surface area contributed by atoms with Crippen molar-refractivity contribution >= 4 is 27.5 Å². The van der Waals surface area contributed by atoms with Crippen LogP contribution < -0.4 is 9.47 Å². The number of hydrogen-bond donors (Lipinski definition) is 1. The van der Waals surface area contributed by atoms with Crippen LogP contribution in [-0.4, -0.2) is 41.9 Å². The fourth-order valence-corrected chi connectivity index (χ4v) is 4.06. The highest BCUT2D eigenvalue weighted by Gasteiger charge is 2.24. The molecule has 0 aliphatic carbocycles. The Hall–Kier alpha value is -3.88. The molecule has 3 aromatic carbocycles. The number of hydrogen-bond acceptors (Lipinski definition) is 5. The van der Waals surface area contributed by atoms with E-state index in [1.54, 1.807) is 44.2 Å². The number of nitrogens with zero attached hydrogens (tertiary/aromatic N) is 1. The lowest BCUT2D eigenvalue weighted by Gasteiger charge is -2.15. The average molecular weight is 487 g/mol. The van der Waals surface area contributed by atoms with Crippen LogP contribution in [0.5, 0.6) is 17.4 Å². The quantitative estimate of drug-likeness (QED) is 0.303. The highest BCUT2D eigenvalue weighted by Crippen LogP contribution is 2.48. The Kier molecular flexibility index (Phi) is 7.04. The largest absolute Gasteiger partial charge is 0.494 e. The average Bonchev–Trinajstić information content (AvgIpc) is 3.15. The molecule has 0 fully saturated rings. The van der Waals surface area contributed by atoms with Gasteiger partial charge in [-0.05, 0) is 31.5 Å². The number of alkyl halides is 2. The second kappa shape index (κ2) is 10.2. The lowest BCUT2D eigenvalue weighted by atomic mass is 10.0. The molecular formula is C26H24F3NO5. The number of halogens is 3. The van der Waals surface area contributed by atoms with Crippen molar-refractivity contribution in [3.8, 4) is 23.1 Å². The van der Waals surface area contributed by atoms with Gasteiger partial charge in [0.05, 0.1) is 36.1 Å². The van der Waals surface area contributed by atoms with Crippen LogP contribution in [0.3, 0.4) is 0 Å². The minimum atomic E-state index is -2.73. The van der Waals surface area contributed by atoms with Gasteiger partial charge in [-0.2, -0.15) is 0 Å². The number of rotatable bonds is 9. The minimum absolute atomic E-state index is 0.00220. The number of carbonyl (C=O) groups is 1. The van der Waals surface area contributed by atoms with Crippen molar-refractivity contribution < 1.29 is 37.3 Å². The van der Waals surface area contributed by atoms with Gasteiger partial charge in [0, 0.05) is 17.0 Å². The number of aromatic hydroxyl groups is 1. The van der Waals surface area contributed by atoms with Gasteiger partial charge in [0.25, 0.3) is 6.43 Å². The molecule has 0 spiro atoms. The van der Waals surface area contributed by atoms with E-state index in [9.17, 15) is 18.7 Å². The molecule has 0 saturated carbocycles. The van der Waals surface area contributed by atoms with Gasteiger partial charge in [-0.1, -0.05) is 30.3 Å². The first kappa shape index (κ1) is 24.3. The maximum Gasteiger partial charge on any atom is 0.310 e. The molecule has 1 heterocycles. The maximum absolute atomic E-state index is 15.1. The summed E-state index contributed by atoms with van der Waals surface area (Å²) in [6, 6.07) is 11.1. The van der Waals surface area contributed by atoms with Crippen molar-refractivity contribution in [3.05, 3.63) is 60.0 Å². The van der Waals surface area contributed by atoms with Gasteiger partial charge in [-0.3, -0.25) is 9.36 Å². The molecule has 9 heteroatoms. The maximum atomic E-state index is 15.1. The fraction of sp³-hybridized carbons (Fsp3) is 0.269. The fourth-order valence-electron chi connectivity index (χ4n) is 4.06. The smallest absolute Gasteiger partial charge is 0.310 e. The molecule has 0 amide bonds. The molecule has 0 unspecified atom stereocenters. The summed E-state index contributed by atoms with van der Waals surface area (Å²) in [7, 11) is 0. The van der Waals surface area contributed by atoms with E-state index in [4.69, 9.17) is 14.2 Å². The van der Waals surface area contributed by atoms with E-state index >= 15 is 4.39 Å². The van der Waals surface area contributed by atoms with E-state index < -0.39 is 30.7 Å². The molecule has 0 aliphatic rings. The van der Waals surface area contributed by atoms with Gasteiger partial charge in [0.2, 0.25) is 5.88 Å². The van der Waals surface area contributed by atoms with Crippen LogP contribution in [0.15, 0.2) is 48.7 Å². The number of fused-ring (bicyclic) bond motifs is 2. The summed E-state index contributed by atoms with van der Waals surface area (Å²) in [5.41, 5.74) is 0.403. The molecule has 0 saturated heterocycles. The molecule has 184 valence electrons. The standard InChI is InChI=1S/C26H24F3NO5/c1-3-33-22(31)12-15-9-10-20(19(27)11-15)30-13-18-23(26(30)32)25(35-14-21(28)29)17-8-6-5-7-16(17)24(18)34-4-2/h5-11,13,21,32H,3-4,12,14H2,1-2H3. The van der Waals surface area contributed by atoms with Crippen LogP contribution in [-0.2, 0) is 16.0 Å². The van der Waals surface area contributed by atoms with Crippen molar-refractivity contribution in [3.63, 3.8) is 0 Å². The molecular weight excluding hydrogens is 463 g/mol. The summed E-state index contributed by atoms with van der Waals surface area (Å²) in [5.74, 6) is -1.11. The molecule has 4 aromatic rings. The highest BCUT2D eigenvalue weighted by molar-refractivity contribution is 6.13. The predicted octanol–water partition coefficient (Wildman–Crippen LogP) is 5.78. The molecule has 0 radical (unpaired) electrons. The Morgan fingerprint density at radius 1 is 1.00 bits per heavy atom. The summed E-state index contributed by atoms with van der Waals surface area (Å²) in [4.78, 5) is 11.7. The van der Waals surface area contributed by atoms with Gasteiger partial charge in [0.15, 0.2) is 0 Å². The first-order valence-electron chi connectivity index (χ1n) is 11.1. The summed E-state index contributed by atoms with van der Waals surface area (Å²) in [6.07, 6.45) is -1.36. The van der Waals surface area contributed by atoms with Crippen LogP contribution >= 0.6 is 0 Å². The molecule has 35 heavy (non-hydrogen) atoms. The second-order valence-corrected chi connectivity index (χ2v) is 7.72. The van der Waals surface area contributed by atoms with Crippen molar-refractivity contribution in [2.75, 3.05) is 19.8 Å². The van der Waals surface area contributed by atoms with E-state index in [2.05, 4.69) is 0 Å². The Morgan fingerprint density at radius 3 is 2.34 bits per heavy atom.